The molecule has 1 amide bonds. The molecule has 1 aromatic carbocycles. The smallest absolute Gasteiger partial charge is 0.407 e. The number of esters is 2. The maximum atomic E-state index is 13.1. The highest BCUT2D eigenvalue weighted by molar-refractivity contribution is 7.51. The second-order valence-corrected chi connectivity index (χ2v) is 10.5. The van der Waals surface area contributed by atoms with Crippen molar-refractivity contribution < 1.29 is 37.5 Å². The molecule has 0 spiro atoms. The summed E-state index contributed by atoms with van der Waals surface area (Å²) in [6.45, 7) is 8.90. The molecule has 33 heavy (non-hydrogen) atoms. The minimum absolute atomic E-state index is 0.00879. The number of carbonyl (C=O) groups excluding carboxylic acids is 3. The average molecular weight is 484 g/mol. The van der Waals surface area contributed by atoms with Gasteiger partial charge in [-0.2, -0.15) is 0 Å². The number of methoxy groups -OCH3 is 1. The third-order valence-electron chi connectivity index (χ3n) is 5.02. The Morgan fingerprint density at radius 3 is 2.45 bits per heavy atom. The zero-order valence-corrected chi connectivity index (χ0v) is 20.8. The summed E-state index contributed by atoms with van der Waals surface area (Å²) in [4.78, 5) is 36.3. The molecule has 2 N–H and O–H groups in total. The normalized spacial score (nSPS) is 22.8. The number of benzene rings is 1. The molecular weight excluding hydrogens is 451 g/mol. The predicted molar refractivity (Wildman–Crippen MR) is 120 cm³/mol. The van der Waals surface area contributed by atoms with Crippen molar-refractivity contribution in [3.8, 4) is 0 Å². The topological polar surface area (TPSA) is 129 Å². The summed E-state index contributed by atoms with van der Waals surface area (Å²) in [5, 5.41) is 5.12. The van der Waals surface area contributed by atoms with Gasteiger partial charge in [0.15, 0.2) is 6.10 Å². The molecule has 1 unspecified atom stereocenters. The lowest BCUT2D eigenvalue weighted by Crippen LogP contribution is -2.51. The summed E-state index contributed by atoms with van der Waals surface area (Å²) >= 11 is 0. The summed E-state index contributed by atoms with van der Waals surface area (Å²) in [5.74, 6) is -1.65. The van der Waals surface area contributed by atoms with Gasteiger partial charge in [0.1, 0.15) is 12.6 Å². The summed E-state index contributed by atoms with van der Waals surface area (Å²) < 4.78 is 33.9. The number of nitrogens with one attached hydrogen (secondary N) is 2. The molecule has 1 aliphatic heterocycles. The average Bonchev–Trinajstić information content (AvgIpc) is 2.73. The van der Waals surface area contributed by atoms with Crippen molar-refractivity contribution in [3.05, 3.63) is 34.9 Å². The lowest BCUT2D eigenvalue weighted by atomic mass is 9.87. The van der Waals surface area contributed by atoms with Gasteiger partial charge in [0.05, 0.1) is 20.1 Å². The van der Waals surface area contributed by atoms with Crippen LogP contribution in [0.4, 0.5) is 0 Å². The molecule has 2 rings (SSSR count). The number of amides is 1. The van der Waals surface area contributed by atoms with Crippen molar-refractivity contribution in [2.45, 2.75) is 59.8 Å². The van der Waals surface area contributed by atoms with Gasteiger partial charge in [-0.1, -0.05) is 43.2 Å². The van der Waals surface area contributed by atoms with Gasteiger partial charge in [0.25, 0.3) is 0 Å². The predicted octanol–water partition coefficient (Wildman–Crippen LogP) is 2.55. The summed E-state index contributed by atoms with van der Waals surface area (Å²) in [5.41, 5.74) is 2.16. The number of carbonyl (C=O) groups is 3. The highest BCUT2D eigenvalue weighted by Gasteiger charge is 2.49. The van der Waals surface area contributed by atoms with E-state index in [1.165, 1.54) is 14.0 Å². The van der Waals surface area contributed by atoms with Crippen molar-refractivity contribution >= 4 is 25.6 Å². The molecule has 184 valence electrons. The Hall–Kier alpha value is -2.26. The van der Waals surface area contributed by atoms with Crippen molar-refractivity contribution in [1.29, 1.82) is 0 Å². The first-order chi connectivity index (χ1) is 15.3. The molecule has 0 saturated carbocycles. The van der Waals surface area contributed by atoms with E-state index in [0.29, 0.717) is 0 Å². The Kier molecular flexibility index (Phi) is 9.20. The van der Waals surface area contributed by atoms with E-state index in [-0.39, 0.29) is 26.2 Å². The van der Waals surface area contributed by atoms with Crippen LogP contribution in [0.3, 0.4) is 0 Å². The highest BCUT2D eigenvalue weighted by Crippen LogP contribution is 2.53. The fourth-order valence-electron chi connectivity index (χ4n) is 3.31. The maximum Gasteiger partial charge on any atom is 0.407 e. The van der Waals surface area contributed by atoms with E-state index in [4.69, 9.17) is 13.8 Å². The summed E-state index contributed by atoms with van der Waals surface area (Å²) in [7, 11) is -2.73. The third-order valence-corrected chi connectivity index (χ3v) is 6.68. The fraction of sp³-hybridized carbons (Fsp3) is 0.591. The zero-order valence-electron chi connectivity index (χ0n) is 19.9. The van der Waals surface area contributed by atoms with E-state index in [1.54, 1.807) is 13.8 Å². The molecule has 0 aromatic heterocycles. The van der Waals surface area contributed by atoms with Gasteiger partial charge in [0.2, 0.25) is 5.91 Å². The number of rotatable bonds is 9. The molecule has 0 bridgehead atoms. The van der Waals surface area contributed by atoms with Crippen LogP contribution >= 0.6 is 7.75 Å². The first kappa shape index (κ1) is 27.0. The van der Waals surface area contributed by atoms with E-state index < -0.39 is 43.2 Å². The summed E-state index contributed by atoms with van der Waals surface area (Å²) in [6, 6.07) is 4.84. The Bertz CT molecular complexity index is 913. The third kappa shape index (κ3) is 7.92. The van der Waals surface area contributed by atoms with Gasteiger partial charge >= 0.3 is 19.7 Å². The molecule has 0 radical (unpaired) electrons. The van der Waals surface area contributed by atoms with Crippen molar-refractivity contribution in [1.82, 2.24) is 10.4 Å². The van der Waals surface area contributed by atoms with Gasteiger partial charge in [0, 0.05) is 12.0 Å². The van der Waals surface area contributed by atoms with Crippen LogP contribution in [0.15, 0.2) is 18.2 Å². The van der Waals surface area contributed by atoms with Crippen LogP contribution in [0.1, 0.15) is 43.9 Å². The number of hydrogen-bond acceptors (Lipinski definition) is 8. The van der Waals surface area contributed by atoms with Crippen LogP contribution in [0.2, 0.25) is 0 Å². The van der Waals surface area contributed by atoms with Crippen LogP contribution in [-0.4, -0.2) is 50.3 Å². The Morgan fingerprint density at radius 1 is 1.21 bits per heavy atom. The second kappa shape index (κ2) is 11.2. The van der Waals surface area contributed by atoms with Gasteiger partial charge in [-0.15, -0.1) is 0 Å². The lowest BCUT2D eigenvalue weighted by molar-refractivity contribution is -0.147. The largest absolute Gasteiger partial charge is 0.469 e. The zero-order chi connectivity index (χ0) is 24.8. The molecule has 1 saturated heterocycles. The van der Waals surface area contributed by atoms with Gasteiger partial charge in [-0.3, -0.25) is 23.4 Å². The van der Waals surface area contributed by atoms with Gasteiger partial charge in [-0.05, 0) is 26.3 Å². The molecule has 0 aliphatic carbocycles. The first-order valence-corrected chi connectivity index (χ1v) is 12.2. The van der Waals surface area contributed by atoms with E-state index in [9.17, 15) is 18.9 Å². The molecule has 1 fully saturated rings. The lowest BCUT2D eigenvalue weighted by Gasteiger charge is -2.40. The standard InChI is InChI=1S/C22H33N2O8P/c1-14-9-15(2)11-17(10-14)12-30-21(27)16(3)24-33(28)31-13-22(4,5)19(32-33)20(26)23-8-7-18(25)29-6/h9-11,16,19H,7-8,12-13H2,1-6H3,(H,23,26)(H,24,28)/t16-,19-,33?/m0/s1. The molecule has 1 aliphatic rings. The van der Waals surface area contributed by atoms with Crippen molar-refractivity contribution in [2.24, 2.45) is 5.41 Å². The molecule has 1 heterocycles. The van der Waals surface area contributed by atoms with E-state index in [0.717, 1.165) is 16.7 Å². The van der Waals surface area contributed by atoms with Crippen LogP contribution in [0, 0.1) is 19.3 Å². The number of aryl methyl sites for hydroxylation is 2. The summed E-state index contributed by atoms with van der Waals surface area (Å²) in [6.07, 6.45) is -1.13. The van der Waals surface area contributed by atoms with Crippen LogP contribution in [-0.2, 0) is 44.1 Å². The van der Waals surface area contributed by atoms with E-state index in [2.05, 4.69) is 15.1 Å². The number of hydrogen-bond donors (Lipinski definition) is 2. The maximum absolute atomic E-state index is 13.1. The SMILES string of the molecule is COC(=O)CCNC(=O)[C@@H]1OP(=O)(N[C@@H](C)C(=O)OCc2cc(C)cc(C)c2)OCC1(C)C. The quantitative estimate of drug-likeness (QED) is 0.401. The highest BCUT2D eigenvalue weighted by atomic mass is 31.2. The monoisotopic (exact) mass is 484 g/mol. The van der Waals surface area contributed by atoms with E-state index >= 15 is 0 Å². The van der Waals surface area contributed by atoms with Crippen molar-refractivity contribution in [2.75, 3.05) is 20.3 Å². The van der Waals surface area contributed by atoms with Crippen LogP contribution in [0.25, 0.3) is 0 Å². The van der Waals surface area contributed by atoms with E-state index in [1.807, 2.05) is 32.0 Å². The molecule has 3 atom stereocenters. The van der Waals surface area contributed by atoms with Crippen LogP contribution in [0.5, 0.6) is 0 Å². The minimum Gasteiger partial charge on any atom is -0.469 e. The molecule has 11 heteroatoms. The van der Waals surface area contributed by atoms with Gasteiger partial charge < -0.3 is 14.8 Å². The Morgan fingerprint density at radius 2 is 1.85 bits per heavy atom. The van der Waals surface area contributed by atoms with Crippen molar-refractivity contribution in [3.63, 3.8) is 0 Å². The first-order valence-electron chi connectivity index (χ1n) is 10.6. The molecule has 10 nitrogen and oxygen atoms in total. The molecular formula is C22H33N2O8P. The van der Waals surface area contributed by atoms with Crippen LogP contribution < -0.4 is 10.4 Å². The Balaban J connectivity index is 1.96. The second-order valence-electron chi connectivity index (χ2n) is 8.82. The van der Waals surface area contributed by atoms with Gasteiger partial charge in [-0.25, -0.2) is 9.65 Å². The Labute approximate surface area is 194 Å². The fourth-order valence-corrected chi connectivity index (χ4v) is 5.25. The molecule has 1 aromatic rings. The minimum atomic E-state index is -3.98. The number of ether oxygens (including phenoxy) is 2.